The van der Waals surface area contributed by atoms with E-state index in [0.29, 0.717) is 31.1 Å². The normalized spacial score (nSPS) is 20.7. The fourth-order valence-electron chi connectivity index (χ4n) is 3.81. The molecular weight excluding hydrogens is 372 g/mol. The van der Waals surface area contributed by atoms with Crippen LogP contribution in [0.4, 0.5) is 0 Å². The molecule has 0 unspecified atom stereocenters. The van der Waals surface area contributed by atoms with Gasteiger partial charge in [0, 0.05) is 39.3 Å². The first-order valence-corrected chi connectivity index (χ1v) is 11.5. The van der Waals surface area contributed by atoms with Gasteiger partial charge in [0.15, 0.2) is 0 Å². The number of aryl methyl sites for hydroxylation is 2. The minimum atomic E-state index is -3.46. The molecule has 1 saturated carbocycles. The van der Waals surface area contributed by atoms with E-state index in [1.54, 1.807) is 16.3 Å². The van der Waals surface area contributed by atoms with Gasteiger partial charge in [0.25, 0.3) is 16.1 Å². The van der Waals surface area contributed by atoms with Gasteiger partial charge in [-0.05, 0) is 26.7 Å². The summed E-state index contributed by atoms with van der Waals surface area (Å²) in [6.07, 6.45) is 5.28. The lowest BCUT2D eigenvalue weighted by Crippen LogP contribution is -2.55. The van der Waals surface area contributed by atoms with Gasteiger partial charge < -0.3 is 4.90 Å². The van der Waals surface area contributed by atoms with Crippen molar-refractivity contribution in [1.29, 1.82) is 0 Å². The predicted molar refractivity (Wildman–Crippen MR) is 103 cm³/mol. The predicted octanol–water partition coefficient (Wildman–Crippen LogP) is 2.03. The van der Waals surface area contributed by atoms with E-state index in [4.69, 9.17) is 0 Å². The molecule has 2 fully saturated rings. The molecule has 0 bridgehead atoms. The van der Waals surface area contributed by atoms with Crippen molar-refractivity contribution >= 4 is 27.5 Å². The van der Waals surface area contributed by atoms with E-state index in [2.05, 4.69) is 4.98 Å². The lowest BCUT2D eigenvalue weighted by Gasteiger charge is -2.38. The molecule has 1 amide bonds. The number of nitrogens with zero attached hydrogens (tertiary/aromatic N) is 4. The first kappa shape index (κ1) is 19.7. The van der Waals surface area contributed by atoms with E-state index < -0.39 is 10.2 Å². The molecule has 146 valence electrons. The summed E-state index contributed by atoms with van der Waals surface area (Å²) in [6, 6.07) is 0.108. The minimum absolute atomic E-state index is 0.0363. The molecule has 0 aromatic carbocycles. The van der Waals surface area contributed by atoms with Crippen molar-refractivity contribution in [2.45, 2.75) is 52.0 Å². The molecule has 0 radical (unpaired) electrons. The Kier molecular flexibility index (Phi) is 6.01. The highest BCUT2D eigenvalue weighted by molar-refractivity contribution is 7.86. The second-order valence-electron chi connectivity index (χ2n) is 7.15. The van der Waals surface area contributed by atoms with Gasteiger partial charge in [0.2, 0.25) is 0 Å². The minimum Gasteiger partial charge on any atom is -0.335 e. The molecule has 2 aliphatic rings. The van der Waals surface area contributed by atoms with Crippen molar-refractivity contribution < 1.29 is 13.2 Å². The fraction of sp³-hybridized carbons (Fsp3) is 0.765. The van der Waals surface area contributed by atoms with E-state index in [9.17, 15) is 13.2 Å². The Morgan fingerprint density at radius 1 is 1.12 bits per heavy atom. The van der Waals surface area contributed by atoms with E-state index in [0.717, 1.165) is 36.4 Å². The molecule has 3 rings (SSSR count). The second kappa shape index (κ2) is 7.92. The molecule has 1 aromatic rings. The molecule has 1 aliphatic heterocycles. The molecule has 7 nitrogen and oxygen atoms in total. The Morgan fingerprint density at radius 2 is 1.73 bits per heavy atom. The SMILES string of the molecule is Cc1nc(C)c(C(=O)N2CCN(S(=O)(=O)N(C)C3CCCCC3)CC2)s1. The van der Waals surface area contributed by atoms with Crippen molar-refractivity contribution in [3.05, 3.63) is 15.6 Å². The van der Waals surface area contributed by atoms with Crippen LogP contribution < -0.4 is 0 Å². The molecule has 2 heterocycles. The molecule has 0 atom stereocenters. The van der Waals surface area contributed by atoms with E-state index in [1.807, 2.05) is 13.8 Å². The van der Waals surface area contributed by atoms with Crippen molar-refractivity contribution in [3.63, 3.8) is 0 Å². The third-order valence-corrected chi connectivity index (χ3v) is 8.51. The van der Waals surface area contributed by atoms with Gasteiger partial charge in [0.05, 0.1) is 10.7 Å². The molecule has 9 heteroatoms. The summed E-state index contributed by atoms with van der Waals surface area (Å²) in [5.41, 5.74) is 0.754. The number of carbonyl (C=O) groups is 1. The highest BCUT2D eigenvalue weighted by atomic mass is 32.2. The quantitative estimate of drug-likeness (QED) is 0.775. The first-order chi connectivity index (χ1) is 12.3. The number of piperazine rings is 1. The van der Waals surface area contributed by atoms with Crippen molar-refractivity contribution in [3.8, 4) is 0 Å². The van der Waals surface area contributed by atoms with Crippen LogP contribution in [0.2, 0.25) is 0 Å². The Labute approximate surface area is 160 Å². The number of hydrogen-bond acceptors (Lipinski definition) is 5. The zero-order chi connectivity index (χ0) is 18.9. The summed E-state index contributed by atoms with van der Waals surface area (Å²) in [5, 5.41) is 0.876. The maximum absolute atomic E-state index is 12.9. The van der Waals surface area contributed by atoms with Gasteiger partial charge in [-0.15, -0.1) is 11.3 Å². The largest absolute Gasteiger partial charge is 0.335 e. The van der Waals surface area contributed by atoms with Crippen molar-refractivity contribution in [2.24, 2.45) is 0 Å². The molecule has 1 saturated heterocycles. The van der Waals surface area contributed by atoms with Crippen LogP contribution in [0.5, 0.6) is 0 Å². The molecule has 1 aliphatic carbocycles. The Bertz CT molecular complexity index is 748. The second-order valence-corrected chi connectivity index (χ2v) is 10.3. The molecule has 0 N–H and O–H groups in total. The molecule has 26 heavy (non-hydrogen) atoms. The van der Waals surface area contributed by atoms with Crippen LogP contribution in [0, 0.1) is 13.8 Å². The van der Waals surface area contributed by atoms with E-state index >= 15 is 0 Å². The lowest BCUT2D eigenvalue weighted by molar-refractivity contribution is 0.0696. The molecule has 0 spiro atoms. The summed E-state index contributed by atoms with van der Waals surface area (Å²) in [7, 11) is -1.76. The van der Waals surface area contributed by atoms with Gasteiger partial charge >= 0.3 is 0 Å². The van der Waals surface area contributed by atoms with Crippen LogP contribution in [-0.2, 0) is 10.2 Å². The Balaban J connectivity index is 1.62. The Hall–Kier alpha value is -1.03. The number of carbonyl (C=O) groups excluding carboxylic acids is 1. The van der Waals surface area contributed by atoms with Crippen LogP contribution in [0.25, 0.3) is 0 Å². The van der Waals surface area contributed by atoms with Gasteiger partial charge in [-0.1, -0.05) is 19.3 Å². The summed E-state index contributed by atoms with van der Waals surface area (Å²) in [5.74, 6) is -0.0363. The van der Waals surface area contributed by atoms with E-state index in [1.165, 1.54) is 22.1 Å². The Morgan fingerprint density at radius 3 is 2.27 bits per heavy atom. The maximum Gasteiger partial charge on any atom is 0.282 e. The van der Waals surface area contributed by atoms with Gasteiger partial charge in [-0.3, -0.25) is 4.79 Å². The van der Waals surface area contributed by atoms with Gasteiger partial charge in [-0.2, -0.15) is 17.0 Å². The average Bonchev–Trinajstić information content (AvgIpc) is 2.99. The van der Waals surface area contributed by atoms with Crippen LogP contribution in [0.15, 0.2) is 0 Å². The maximum atomic E-state index is 12.9. The average molecular weight is 401 g/mol. The van der Waals surface area contributed by atoms with E-state index in [-0.39, 0.29) is 11.9 Å². The molecular formula is C17H28N4O3S2. The van der Waals surface area contributed by atoms with Crippen LogP contribution in [0.3, 0.4) is 0 Å². The zero-order valence-corrected chi connectivity index (χ0v) is 17.4. The lowest BCUT2D eigenvalue weighted by atomic mass is 9.96. The third-order valence-electron chi connectivity index (χ3n) is 5.40. The zero-order valence-electron chi connectivity index (χ0n) is 15.8. The van der Waals surface area contributed by atoms with Crippen molar-refractivity contribution in [2.75, 3.05) is 33.2 Å². The smallest absolute Gasteiger partial charge is 0.282 e. The summed E-state index contributed by atoms with van der Waals surface area (Å²) < 4.78 is 28.9. The highest BCUT2D eigenvalue weighted by Gasteiger charge is 2.35. The highest BCUT2D eigenvalue weighted by Crippen LogP contribution is 2.26. The topological polar surface area (TPSA) is 73.8 Å². The monoisotopic (exact) mass is 400 g/mol. The molecule has 1 aromatic heterocycles. The number of hydrogen-bond donors (Lipinski definition) is 0. The number of thiazole rings is 1. The fourth-order valence-corrected chi connectivity index (χ4v) is 6.27. The van der Waals surface area contributed by atoms with Gasteiger partial charge in [0.1, 0.15) is 4.88 Å². The number of aromatic nitrogens is 1. The van der Waals surface area contributed by atoms with Crippen LogP contribution >= 0.6 is 11.3 Å². The standard InChI is InChI=1S/C17H28N4O3S2/c1-13-16(25-14(2)18-13)17(22)20-9-11-21(12-10-20)26(23,24)19(3)15-7-5-4-6-8-15/h15H,4-12H2,1-3H3. The number of rotatable bonds is 4. The van der Waals surface area contributed by atoms with Gasteiger partial charge in [-0.25, -0.2) is 4.98 Å². The van der Waals surface area contributed by atoms with Crippen LogP contribution in [-0.4, -0.2) is 72.1 Å². The third kappa shape index (κ3) is 3.95. The number of amides is 1. The summed E-state index contributed by atoms with van der Waals surface area (Å²) in [4.78, 5) is 19.4. The summed E-state index contributed by atoms with van der Waals surface area (Å²) >= 11 is 1.40. The van der Waals surface area contributed by atoms with Crippen LogP contribution in [0.1, 0.15) is 52.5 Å². The first-order valence-electron chi connectivity index (χ1n) is 9.27. The van der Waals surface area contributed by atoms with Crippen molar-refractivity contribution in [1.82, 2.24) is 18.5 Å². The summed E-state index contributed by atoms with van der Waals surface area (Å²) in [6.45, 7) is 5.28.